The summed E-state index contributed by atoms with van der Waals surface area (Å²) >= 11 is 1.48. The molecule has 1 aromatic heterocycles. The van der Waals surface area contributed by atoms with E-state index in [0.29, 0.717) is 22.9 Å². The van der Waals surface area contributed by atoms with Crippen LogP contribution in [0.3, 0.4) is 0 Å². The molecule has 32 heavy (non-hydrogen) atoms. The number of nitrogens with one attached hydrogen (secondary N) is 2. The van der Waals surface area contributed by atoms with Crippen LogP contribution in [0.2, 0.25) is 0 Å². The first-order valence-corrected chi connectivity index (χ1v) is 13.6. The largest absolute Gasteiger partial charge is 0.344 e. The van der Waals surface area contributed by atoms with Gasteiger partial charge in [0.15, 0.2) is 5.13 Å². The molecule has 176 valence electrons. The summed E-state index contributed by atoms with van der Waals surface area (Å²) in [5.74, 6) is 2.15. The third-order valence-corrected chi connectivity index (χ3v) is 9.18. The smallest absolute Gasteiger partial charge is 0.248 e. The number of anilines is 1. The van der Waals surface area contributed by atoms with E-state index in [2.05, 4.69) is 20.5 Å². The Morgan fingerprint density at radius 1 is 1.09 bits per heavy atom. The van der Waals surface area contributed by atoms with Crippen LogP contribution in [-0.2, 0) is 16.1 Å². The molecule has 1 atom stereocenters. The standard InChI is InChI=1S/C25H38N4O2S/c1-16(2)21(27-23(31)25-11-17-8-18(12-25)10-19(9-17)13-25)22(30)28-24-26-20(15-32-24)14-29-6-4-3-5-7-29/h15-19,21H,3-14H2,1-2H3,(H,27,31)(H,26,28,30). The van der Waals surface area contributed by atoms with Crippen molar-refractivity contribution in [2.24, 2.45) is 29.1 Å². The number of hydrogen-bond acceptors (Lipinski definition) is 5. The molecule has 0 aromatic carbocycles. The number of hydrogen-bond donors (Lipinski definition) is 2. The van der Waals surface area contributed by atoms with Crippen LogP contribution in [0.1, 0.15) is 77.3 Å². The Bertz CT molecular complexity index is 809. The molecule has 1 saturated heterocycles. The average molecular weight is 459 g/mol. The number of piperidine rings is 1. The summed E-state index contributed by atoms with van der Waals surface area (Å²) in [7, 11) is 0. The van der Waals surface area contributed by atoms with E-state index in [0.717, 1.165) is 44.6 Å². The van der Waals surface area contributed by atoms with Crippen molar-refractivity contribution >= 4 is 28.3 Å². The van der Waals surface area contributed by atoms with Crippen molar-refractivity contribution in [1.82, 2.24) is 15.2 Å². The predicted octanol–water partition coefficient (Wildman–Crippen LogP) is 4.42. The molecule has 4 saturated carbocycles. The quantitative estimate of drug-likeness (QED) is 0.634. The zero-order valence-corrected chi connectivity index (χ0v) is 20.4. The van der Waals surface area contributed by atoms with Crippen LogP contribution in [-0.4, -0.2) is 40.8 Å². The van der Waals surface area contributed by atoms with Gasteiger partial charge in [-0.05, 0) is 88.1 Å². The maximum Gasteiger partial charge on any atom is 0.248 e. The van der Waals surface area contributed by atoms with Crippen molar-refractivity contribution in [3.63, 3.8) is 0 Å². The third-order valence-electron chi connectivity index (χ3n) is 8.37. The molecule has 0 spiro atoms. The molecule has 4 bridgehead atoms. The van der Waals surface area contributed by atoms with E-state index in [1.807, 2.05) is 19.2 Å². The molecule has 2 amide bonds. The van der Waals surface area contributed by atoms with Crippen LogP contribution < -0.4 is 10.6 Å². The number of carbonyl (C=O) groups excluding carboxylic acids is 2. The molecule has 6 rings (SSSR count). The van der Waals surface area contributed by atoms with Gasteiger partial charge in [-0.15, -0.1) is 11.3 Å². The van der Waals surface area contributed by atoms with Crippen molar-refractivity contribution in [3.8, 4) is 0 Å². The maximum absolute atomic E-state index is 13.5. The first-order valence-electron chi connectivity index (χ1n) is 12.7. The van der Waals surface area contributed by atoms with Gasteiger partial charge in [0, 0.05) is 17.3 Å². The van der Waals surface area contributed by atoms with Crippen molar-refractivity contribution in [2.45, 2.75) is 84.2 Å². The second-order valence-corrected chi connectivity index (χ2v) is 12.2. The molecule has 2 heterocycles. The van der Waals surface area contributed by atoms with Gasteiger partial charge in [-0.1, -0.05) is 20.3 Å². The summed E-state index contributed by atoms with van der Waals surface area (Å²) in [5, 5.41) is 8.86. The number of amides is 2. The lowest BCUT2D eigenvalue weighted by molar-refractivity contribution is -0.148. The monoisotopic (exact) mass is 458 g/mol. The van der Waals surface area contributed by atoms with Gasteiger partial charge in [0.2, 0.25) is 11.8 Å². The van der Waals surface area contributed by atoms with Gasteiger partial charge in [-0.25, -0.2) is 4.98 Å². The Balaban J connectivity index is 1.20. The van der Waals surface area contributed by atoms with Crippen molar-refractivity contribution in [3.05, 3.63) is 11.1 Å². The highest BCUT2D eigenvalue weighted by molar-refractivity contribution is 7.13. The van der Waals surface area contributed by atoms with Gasteiger partial charge in [-0.3, -0.25) is 14.5 Å². The molecular formula is C25H38N4O2S. The minimum Gasteiger partial charge on any atom is -0.344 e. The number of carbonyl (C=O) groups is 2. The SMILES string of the molecule is CC(C)C(NC(=O)C12CC3CC(CC(C3)C1)C2)C(=O)Nc1nc(CN2CCCCC2)cs1. The summed E-state index contributed by atoms with van der Waals surface area (Å²) < 4.78 is 0. The normalized spacial score (nSPS) is 32.8. The van der Waals surface area contributed by atoms with Crippen LogP contribution in [0, 0.1) is 29.1 Å². The fourth-order valence-corrected chi connectivity index (χ4v) is 7.89. The molecular weight excluding hydrogens is 420 g/mol. The Labute approximate surface area is 195 Å². The van der Waals surface area contributed by atoms with E-state index in [9.17, 15) is 9.59 Å². The van der Waals surface area contributed by atoms with Crippen LogP contribution >= 0.6 is 11.3 Å². The zero-order chi connectivity index (χ0) is 22.3. The van der Waals surface area contributed by atoms with E-state index >= 15 is 0 Å². The molecule has 5 aliphatic rings. The minimum atomic E-state index is -0.523. The first-order chi connectivity index (χ1) is 15.4. The van der Waals surface area contributed by atoms with Crippen LogP contribution in [0.15, 0.2) is 5.38 Å². The lowest BCUT2D eigenvalue weighted by Crippen LogP contribution is -2.57. The van der Waals surface area contributed by atoms with E-state index in [4.69, 9.17) is 0 Å². The maximum atomic E-state index is 13.5. The number of likely N-dealkylation sites (tertiary alicyclic amines) is 1. The zero-order valence-electron chi connectivity index (χ0n) is 19.6. The van der Waals surface area contributed by atoms with Gasteiger partial charge >= 0.3 is 0 Å². The summed E-state index contributed by atoms with van der Waals surface area (Å²) in [4.78, 5) is 33.7. The number of thiazole rings is 1. The lowest BCUT2D eigenvalue weighted by atomic mass is 9.49. The molecule has 1 aromatic rings. The van der Waals surface area contributed by atoms with Crippen LogP contribution in [0.4, 0.5) is 5.13 Å². The minimum absolute atomic E-state index is 0.0284. The molecule has 1 unspecified atom stereocenters. The summed E-state index contributed by atoms with van der Waals surface area (Å²) in [6.07, 6.45) is 10.8. The molecule has 6 nitrogen and oxygen atoms in total. The number of aromatic nitrogens is 1. The fraction of sp³-hybridized carbons (Fsp3) is 0.800. The van der Waals surface area contributed by atoms with Gasteiger partial charge < -0.3 is 10.6 Å². The van der Waals surface area contributed by atoms with E-state index in [1.165, 1.54) is 49.9 Å². The van der Waals surface area contributed by atoms with Crippen molar-refractivity contribution in [2.75, 3.05) is 18.4 Å². The molecule has 4 aliphatic carbocycles. The Morgan fingerprint density at radius 2 is 1.72 bits per heavy atom. The Hall–Kier alpha value is -1.47. The van der Waals surface area contributed by atoms with Gasteiger partial charge in [0.25, 0.3) is 0 Å². The Kier molecular flexibility index (Phi) is 6.32. The highest BCUT2D eigenvalue weighted by atomic mass is 32.1. The summed E-state index contributed by atoms with van der Waals surface area (Å²) in [6, 6.07) is -0.523. The molecule has 2 N–H and O–H groups in total. The first kappa shape index (κ1) is 22.3. The van der Waals surface area contributed by atoms with Crippen LogP contribution in [0.5, 0.6) is 0 Å². The lowest BCUT2D eigenvalue weighted by Gasteiger charge is -2.55. The Morgan fingerprint density at radius 3 is 2.31 bits per heavy atom. The summed E-state index contributed by atoms with van der Waals surface area (Å²) in [6.45, 7) is 7.13. The predicted molar refractivity (Wildman–Crippen MR) is 127 cm³/mol. The highest BCUT2D eigenvalue weighted by Gasteiger charge is 2.55. The average Bonchev–Trinajstić information content (AvgIpc) is 3.17. The molecule has 1 aliphatic heterocycles. The van der Waals surface area contributed by atoms with E-state index in [1.54, 1.807) is 0 Å². The number of nitrogens with zero attached hydrogens (tertiary/aromatic N) is 2. The molecule has 7 heteroatoms. The second-order valence-electron chi connectivity index (χ2n) is 11.4. The topological polar surface area (TPSA) is 74.3 Å². The van der Waals surface area contributed by atoms with Crippen molar-refractivity contribution < 1.29 is 9.59 Å². The fourth-order valence-electron chi connectivity index (χ4n) is 7.18. The van der Waals surface area contributed by atoms with Gasteiger partial charge in [0.1, 0.15) is 6.04 Å². The highest BCUT2D eigenvalue weighted by Crippen LogP contribution is 2.60. The molecule has 5 fully saturated rings. The van der Waals surface area contributed by atoms with Gasteiger partial charge in [0.05, 0.1) is 5.69 Å². The van der Waals surface area contributed by atoms with Gasteiger partial charge in [-0.2, -0.15) is 0 Å². The number of rotatable bonds is 7. The van der Waals surface area contributed by atoms with E-state index in [-0.39, 0.29) is 23.1 Å². The van der Waals surface area contributed by atoms with Crippen molar-refractivity contribution in [1.29, 1.82) is 0 Å². The third kappa shape index (κ3) is 4.60. The van der Waals surface area contributed by atoms with E-state index < -0.39 is 6.04 Å². The van der Waals surface area contributed by atoms with Crippen LogP contribution in [0.25, 0.3) is 0 Å². The molecule has 0 radical (unpaired) electrons. The second kappa shape index (κ2) is 9.05. The summed E-state index contributed by atoms with van der Waals surface area (Å²) in [5.41, 5.74) is 0.788.